The first kappa shape index (κ1) is 14.6. The molecule has 0 N–H and O–H groups in total. The second-order valence-electron chi connectivity index (χ2n) is 4.59. The van der Waals surface area contributed by atoms with E-state index in [4.69, 9.17) is 39.3 Å². The number of hydrogen-bond donors (Lipinski definition) is 0. The lowest BCUT2D eigenvalue weighted by atomic mass is 10.3. The van der Waals surface area contributed by atoms with E-state index in [0.29, 0.717) is 28.8 Å². The molecule has 5 nitrogen and oxygen atoms in total. The van der Waals surface area contributed by atoms with Crippen molar-refractivity contribution in [2.24, 2.45) is 0 Å². The highest BCUT2D eigenvalue weighted by Crippen LogP contribution is 2.31. The van der Waals surface area contributed by atoms with E-state index in [1.165, 1.54) is 6.39 Å². The first-order valence-corrected chi connectivity index (χ1v) is 7.50. The van der Waals surface area contributed by atoms with Gasteiger partial charge in [-0.2, -0.15) is 4.98 Å². The Morgan fingerprint density at radius 3 is 2.71 bits per heavy atom. The van der Waals surface area contributed by atoms with E-state index in [1.807, 2.05) is 11.5 Å². The lowest BCUT2D eigenvalue weighted by Gasteiger charge is -2.09. The number of halogens is 3. The van der Waals surface area contributed by atoms with Crippen LogP contribution in [0.3, 0.4) is 0 Å². The maximum Gasteiger partial charge on any atom is 0.213 e. The van der Waals surface area contributed by atoms with Crippen LogP contribution >= 0.6 is 34.8 Å². The van der Waals surface area contributed by atoms with Crippen molar-refractivity contribution in [3.05, 3.63) is 40.2 Å². The topological polar surface area (TPSA) is 56.7 Å². The van der Waals surface area contributed by atoms with Crippen molar-refractivity contribution in [2.45, 2.75) is 25.3 Å². The fraction of sp³-hybridized carbons (Fsp3) is 0.308. The predicted octanol–water partition coefficient (Wildman–Crippen LogP) is 4.27. The van der Waals surface area contributed by atoms with Crippen molar-refractivity contribution in [2.75, 3.05) is 0 Å². The summed E-state index contributed by atoms with van der Waals surface area (Å²) in [5, 5.41) is 4.52. The molecule has 1 unspecified atom stereocenters. The molecule has 0 amide bonds. The number of nitrogens with zero attached hydrogens (tertiary/aromatic N) is 4. The molecule has 1 aromatic carbocycles. The Morgan fingerprint density at radius 2 is 2.05 bits per heavy atom. The minimum Gasteiger partial charge on any atom is -0.343 e. The average Bonchev–Trinajstić information content (AvgIpc) is 3.05. The highest BCUT2D eigenvalue weighted by Gasteiger charge is 2.17. The second-order valence-corrected chi connectivity index (χ2v) is 6.06. The summed E-state index contributed by atoms with van der Waals surface area (Å²) in [5.74, 6) is 1.39. The molecule has 3 rings (SSSR count). The van der Waals surface area contributed by atoms with Gasteiger partial charge in [-0.1, -0.05) is 28.4 Å². The average molecular weight is 346 g/mol. The molecular weight excluding hydrogens is 335 g/mol. The number of fused-ring (bicyclic) bond motifs is 1. The van der Waals surface area contributed by atoms with Crippen LogP contribution in [0.2, 0.25) is 10.0 Å². The van der Waals surface area contributed by atoms with Gasteiger partial charge in [0.1, 0.15) is 5.82 Å². The first-order chi connectivity index (χ1) is 10.1. The minimum absolute atomic E-state index is 0.236. The van der Waals surface area contributed by atoms with Crippen LogP contribution in [0.25, 0.3) is 11.0 Å². The molecule has 2 aromatic heterocycles. The van der Waals surface area contributed by atoms with E-state index in [9.17, 15) is 0 Å². The maximum absolute atomic E-state index is 6.22. The van der Waals surface area contributed by atoms with Crippen molar-refractivity contribution in [3.63, 3.8) is 0 Å². The summed E-state index contributed by atoms with van der Waals surface area (Å²) in [6, 6.07) is 3.54. The Kier molecular flexibility index (Phi) is 4.06. The minimum atomic E-state index is -0.236. The van der Waals surface area contributed by atoms with Crippen LogP contribution in [0.15, 0.2) is 23.0 Å². The lowest BCUT2D eigenvalue weighted by Crippen LogP contribution is -2.07. The molecule has 0 spiro atoms. The molecule has 0 aliphatic carbocycles. The fourth-order valence-electron chi connectivity index (χ4n) is 2.19. The van der Waals surface area contributed by atoms with Gasteiger partial charge in [-0.05, 0) is 19.1 Å². The Balaban J connectivity index is 2.04. The molecule has 21 heavy (non-hydrogen) atoms. The summed E-state index contributed by atoms with van der Waals surface area (Å²) in [6.07, 6.45) is 1.92. The Morgan fingerprint density at radius 1 is 1.29 bits per heavy atom. The third kappa shape index (κ3) is 2.86. The van der Waals surface area contributed by atoms with Gasteiger partial charge < -0.3 is 9.09 Å². The number of hydrogen-bond acceptors (Lipinski definition) is 4. The van der Waals surface area contributed by atoms with Gasteiger partial charge in [0.2, 0.25) is 6.39 Å². The summed E-state index contributed by atoms with van der Waals surface area (Å²) in [4.78, 5) is 8.55. The van der Waals surface area contributed by atoms with Crippen LogP contribution in [0.5, 0.6) is 0 Å². The number of aryl methyl sites for hydroxylation is 2. The molecule has 2 heterocycles. The number of imidazole rings is 1. The van der Waals surface area contributed by atoms with E-state index in [1.54, 1.807) is 12.1 Å². The van der Waals surface area contributed by atoms with Gasteiger partial charge >= 0.3 is 0 Å². The zero-order valence-corrected chi connectivity index (χ0v) is 13.3. The van der Waals surface area contributed by atoms with Gasteiger partial charge in [0.05, 0.1) is 26.5 Å². The van der Waals surface area contributed by atoms with Crippen LogP contribution in [0.1, 0.15) is 23.9 Å². The van der Waals surface area contributed by atoms with Crippen LogP contribution in [-0.4, -0.2) is 19.7 Å². The van der Waals surface area contributed by atoms with Gasteiger partial charge in [-0.3, -0.25) is 0 Å². The summed E-state index contributed by atoms with van der Waals surface area (Å²) in [7, 11) is 0. The van der Waals surface area contributed by atoms with Crippen molar-refractivity contribution < 1.29 is 4.52 Å². The predicted molar refractivity (Wildman–Crippen MR) is 82.0 cm³/mol. The lowest BCUT2D eigenvalue weighted by molar-refractivity contribution is 0.408. The fourth-order valence-corrected chi connectivity index (χ4v) is 2.67. The second kappa shape index (κ2) is 5.83. The summed E-state index contributed by atoms with van der Waals surface area (Å²) < 4.78 is 6.74. The molecular formula is C13H11Cl3N4O. The molecule has 3 aromatic rings. The largest absolute Gasteiger partial charge is 0.343 e. The molecule has 110 valence electrons. The van der Waals surface area contributed by atoms with Crippen LogP contribution in [-0.2, 0) is 13.0 Å². The number of benzene rings is 1. The Hall–Kier alpha value is -1.30. The molecule has 0 radical (unpaired) electrons. The highest BCUT2D eigenvalue weighted by molar-refractivity contribution is 6.42. The Labute approximate surface area is 135 Å². The first-order valence-electron chi connectivity index (χ1n) is 6.30. The van der Waals surface area contributed by atoms with E-state index >= 15 is 0 Å². The molecule has 8 heteroatoms. The third-order valence-corrected chi connectivity index (χ3v) is 4.06. The van der Waals surface area contributed by atoms with E-state index in [0.717, 1.165) is 16.9 Å². The third-order valence-electron chi connectivity index (χ3n) is 3.14. The van der Waals surface area contributed by atoms with Crippen molar-refractivity contribution in [1.82, 2.24) is 19.7 Å². The summed E-state index contributed by atoms with van der Waals surface area (Å²) >= 11 is 18.4. The number of aromatic nitrogens is 4. The highest BCUT2D eigenvalue weighted by atomic mass is 35.5. The maximum atomic E-state index is 6.22. The number of alkyl halides is 1. The molecule has 1 atom stereocenters. The molecule has 0 saturated carbocycles. The van der Waals surface area contributed by atoms with Gasteiger partial charge in [-0.25, -0.2) is 4.98 Å². The monoisotopic (exact) mass is 344 g/mol. The van der Waals surface area contributed by atoms with E-state index in [-0.39, 0.29) is 5.38 Å². The smallest absolute Gasteiger partial charge is 0.213 e. The molecule has 0 aliphatic heterocycles. The zero-order chi connectivity index (χ0) is 15.0. The van der Waals surface area contributed by atoms with Crippen LogP contribution in [0.4, 0.5) is 0 Å². The summed E-state index contributed by atoms with van der Waals surface area (Å²) in [6.45, 7) is 2.50. The van der Waals surface area contributed by atoms with E-state index < -0.39 is 0 Å². The zero-order valence-electron chi connectivity index (χ0n) is 11.1. The summed E-state index contributed by atoms with van der Waals surface area (Å²) in [5.41, 5.74) is 1.65. The van der Waals surface area contributed by atoms with Gasteiger partial charge in [0, 0.05) is 13.0 Å². The van der Waals surface area contributed by atoms with Crippen molar-refractivity contribution in [1.29, 1.82) is 0 Å². The van der Waals surface area contributed by atoms with Gasteiger partial charge in [0.15, 0.2) is 5.82 Å². The standard InChI is InChI=1S/C13H11Cl3N4O/c1-7(14)13-18-10-4-8(15)9(16)5-11(10)20(13)3-2-12-17-6-21-19-12/h4-7H,2-3H2,1H3. The molecule has 0 saturated heterocycles. The quantitative estimate of drug-likeness (QED) is 0.663. The Bertz CT molecular complexity index is 767. The molecule has 0 fully saturated rings. The van der Waals surface area contributed by atoms with Crippen molar-refractivity contribution in [3.8, 4) is 0 Å². The molecule has 0 aliphatic rings. The van der Waals surface area contributed by atoms with Crippen molar-refractivity contribution >= 4 is 45.8 Å². The van der Waals surface area contributed by atoms with Crippen LogP contribution in [0, 0.1) is 0 Å². The van der Waals surface area contributed by atoms with Gasteiger partial charge in [-0.15, -0.1) is 11.6 Å². The van der Waals surface area contributed by atoms with Crippen LogP contribution < -0.4 is 0 Å². The SMILES string of the molecule is CC(Cl)c1nc2cc(Cl)c(Cl)cc2n1CCc1ncon1. The van der Waals surface area contributed by atoms with Gasteiger partial charge in [0.25, 0.3) is 0 Å². The van der Waals surface area contributed by atoms with E-state index in [2.05, 4.69) is 15.1 Å². The normalized spacial score (nSPS) is 13.0. The number of rotatable bonds is 4. The molecule has 0 bridgehead atoms.